The molecule has 0 saturated carbocycles. The fourth-order valence-corrected chi connectivity index (χ4v) is 3.70. The molecule has 3 N–H and O–H groups in total. The SMILES string of the molecule is CC(C)(C)OC(O)N1CCc2nc(Cl)nc(N3CCC[C@H]3C(N)=O)c2C1. The molecule has 2 aliphatic heterocycles. The summed E-state index contributed by atoms with van der Waals surface area (Å²) in [5.74, 6) is 0.267. The molecule has 2 atom stereocenters. The number of aliphatic hydroxyl groups is 1. The van der Waals surface area contributed by atoms with Gasteiger partial charge in [0, 0.05) is 31.6 Å². The molecule has 2 aliphatic rings. The molecule has 3 heterocycles. The first-order chi connectivity index (χ1) is 12.2. The first kappa shape index (κ1) is 19.3. The minimum Gasteiger partial charge on any atom is -0.368 e. The van der Waals surface area contributed by atoms with Crippen molar-refractivity contribution in [3.05, 3.63) is 16.5 Å². The summed E-state index contributed by atoms with van der Waals surface area (Å²) < 4.78 is 5.67. The lowest BCUT2D eigenvalue weighted by atomic mass is 10.1. The molecule has 1 saturated heterocycles. The molecule has 0 radical (unpaired) electrons. The van der Waals surface area contributed by atoms with Gasteiger partial charge in [-0.2, -0.15) is 0 Å². The Morgan fingerprint density at radius 3 is 2.77 bits per heavy atom. The number of ether oxygens (including phenoxy) is 1. The van der Waals surface area contributed by atoms with Gasteiger partial charge in [0.2, 0.25) is 17.6 Å². The van der Waals surface area contributed by atoms with Crippen molar-refractivity contribution in [2.45, 2.75) is 64.6 Å². The molecular formula is C17H26ClN5O3. The van der Waals surface area contributed by atoms with E-state index in [2.05, 4.69) is 9.97 Å². The number of aliphatic hydroxyl groups excluding tert-OH is 1. The van der Waals surface area contributed by atoms with E-state index < -0.39 is 18.1 Å². The number of hydrogen-bond acceptors (Lipinski definition) is 7. The van der Waals surface area contributed by atoms with Crippen molar-refractivity contribution in [2.75, 3.05) is 18.0 Å². The van der Waals surface area contributed by atoms with E-state index in [0.717, 1.165) is 17.7 Å². The van der Waals surface area contributed by atoms with Crippen LogP contribution in [0.3, 0.4) is 0 Å². The molecule has 26 heavy (non-hydrogen) atoms. The van der Waals surface area contributed by atoms with Crippen LogP contribution in [0.2, 0.25) is 5.28 Å². The number of amides is 1. The number of nitrogens with zero attached hydrogens (tertiary/aromatic N) is 4. The van der Waals surface area contributed by atoms with Gasteiger partial charge in [0.15, 0.2) is 0 Å². The largest absolute Gasteiger partial charge is 0.368 e. The molecule has 1 unspecified atom stereocenters. The number of nitrogens with two attached hydrogens (primary N) is 1. The highest BCUT2D eigenvalue weighted by atomic mass is 35.5. The van der Waals surface area contributed by atoms with Crippen LogP contribution in [-0.2, 0) is 22.5 Å². The van der Waals surface area contributed by atoms with Crippen molar-refractivity contribution in [1.29, 1.82) is 0 Å². The van der Waals surface area contributed by atoms with E-state index in [1.54, 1.807) is 0 Å². The molecular weight excluding hydrogens is 358 g/mol. The van der Waals surface area contributed by atoms with Crippen LogP contribution in [0.1, 0.15) is 44.9 Å². The Labute approximate surface area is 158 Å². The molecule has 0 aliphatic carbocycles. The first-order valence-electron chi connectivity index (χ1n) is 8.87. The van der Waals surface area contributed by atoms with Crippen molar-refractivity contribution in [2.24, 2.45) is 5.73 Å². The third-order valence-corrected chi connectivity index (χ3v) is 4.83. The van der Waals surface area contributed by atoms with Crippen LogP contribution in [-0.4, -0.2) is 57.0 Å². The summed E-state index contributed by atoms with van der Waals surface area (Å²) in [6, 6.07) is -0.392. The van der Waals surface area contributed by atoms with E-state index in [4.69, 9.17) is 22.1 Å². The number of anilines is 1. The Balaban J connectivity index is 1.90. The zero-order valence-corrected chi connectivity index (χ0v) is 16.2. The predicted octanol–water partition coefficient (Wildman–Crippen LogP) is 1.03. The summed E-state index contributed by atoms with van der Waals surface area (Å²) in [7, 11) is 0. The van der Waals surface area contributed by atoms with Crippen molar-refractivity contribution < 1.29 is 14.6 Å². The van der Waals surface area contributed by atoms with Crippen molar-refractivity contribution in [1.82, 2.24) is 14.9 Å². The summed E-state index contributed by atoms with van der Waals surface area (Å²) in [6.45, 7) is 7.38. The van der Waals surface area contributed by atoms with Crippen molar-refractivity contribution in [3.63, 3.8) is 0 Å². The highest BCUT2D eigenvalue weighted by Crippen LogP contribution is 2.33. The second-order valence-electron chi connectivity index (χ2n) is 7.77. The second kappa shape index (κ2) is 7.26. The highest BCUT2D eigenvalue weighted by molar-refractivity contribution is 6.28. The summed E-state index contributed by atoms with van der Waals surface area (Å²) in [5.41, 5.74) is 6.80. The van der Waals surface area contributed by atoms with Gasteiger partial charge in [-0.05, 0) is 45.2 Å². The number of fused-ring (bicyclic) bond motifs is 1. The Morgan fingerprint density at radius 2 is 2.12 bits per heavy atom. The first-order valence-corrected chi connectivity index (χ1v) is 9.24. The van der Waals surface area contributed by atoms with Crippen molar-refractivity contribution in [3.8, 4) is 0 Å². The molecule has 144 valence electrons. The summed E-state index contributed by atoms with van der Waals surface area (Å²) >= 11 is 6.12. The maximum atomic E-state index is 11.8. The Kier molecular flexibility index (Phi) is 5.39. The average molecular weight is 384 g/mol. The topological polar surface area (TPSA) is 105 Å². The molecule has 1 aromatic heterocycles. The summed E-state index contributed by atoms with van der Waals surface area (Å²) in [6.07, 6.45) is 1.15. The summed E-state index contributed by atoms with van der Waals surface area (Å²) in [4.78, 5) is 24.3. The van der Waals surface area contributed by atoms with E-state index in [-0.39, 0.29) is 11.2 Å². The monoisotopic (exact) mass is 383 g/mol. The second-order valence-corrected chi connectivity index (χ2v) is 8.11. The third kappa shape index (κ3) is 4.09. The highest BCUT2D eigenvalue weighted by Gasteiger charge is 2.35. The number of primary amides is 1. The van der Waals surface area contributed by atoms with E-state index in [1.807, 2.05) is 30.6 Å². The van der Waals surface area contributed by atoms with Crippen LogP contribution < -0.4 is 10.6 Å². The van der Waals surface area contributed by atoms with Crippen LogP contribution >= 0.6 is 11.6 Å². The van der Waals surface area contributed by atoms with Gasteiger partial charge >= 0.3 is 0 Å². The molecule has 1 aromatic rings. The molecule has 0 aromatic carbocycles. The van der Waals surface area contributed by atoms with Crippen LogP contribution in [0.15, 0.2) is 0 Å². The smallest absolute Gasteiger partial charge is 0.240 e. The number of aromatic nitrogens is 2. The Bertz CT molecular complexity index is 694. The van der Waals surface area contributed by atoms with Crippen LogP contribution in [0.5, 0.6) is 0 Å². The van der Waals surface area contributed by atoms with Crippen LogP contribution in [0.4, 0.5) is 5.82 Å². The molecule has 0 spiro atoms. The zero-order valence-electron chi connectivity index (χ0n) is 15.4. The fourth-order valence-electron chi connectivity index (χ4n) is 3.52. The normalized spacial score (nSPS) is 22.3. The van der Waals surface area contributed by atoms with E-state index in [0.29, 0.717) is 38.3 Å². The number of halogens is 1. The van der Waals surface area contributed by atoms with Gasteiger partial charge in [0.1, 0.15) is 11.9 Å². The minimum atomic E-state index is -1.03. The number of carbonyl (C=O) groups excluding carboxylic acids is 1. The lowest BCUT2D eigenvalue weighted by Gasteiger charge is -2.36. The van der Waals surface area contributed by atoms with Gasteiger partial charge in [0.25, 0.3) is 0 Å². The van der Waals surface area contributed by atoms with Gasteiger partial charge in [-0.1, -0.05) is 0 Å². The maximum absolute atomic E-state index is 11.8. The number of rotatable bonds is 4. The van der Waals surface area contributed by atoms with Gasteiger partial charge < -0.3 is 20.5 Å². The quantitative estimate of drug-likeness (QED) is 0.591. The Morgan fingerprint density at radius 1 is 1.38 bits per heavy atom. The number of hydrogen-bond donors (Lipinski definition) is 2. The molecule has 0 bridgehead atoms. The minimum absolute atomic E-state index is 0.161. The van der Waals surface area contributed by atoms with Gasteiger partial charge in [-0.15, -0.1) is 0 Å². The predicted molar refractivity (Wildman–Crippen MR) is 97.6 cm³/mol. The molecule has 1 amide bonds. The summed E-state index contributed by atoms with van der Waals surface area (Å²) in [5, 5.41) is 10.6. The van der Waals surface area contributed by atoms with E-state index in [9.17, 15) is 9.90 Å². The number of carbonyl (C=O) groups is 1. The van der Waals surface area contributed by atoms with Gasteiger partial charge in [0.05, 0.1) is 11.3 Å². The van der Waals surface area contributed by atoms with E-state index >= 15 is 0 Å². The van der Waals surface area contributed by atoms with Gasteiger partial charge in [-0.3, -0.25) is 9.69 Å². The maximum Gasteiger partial charge on any atom is 0.240 e. The molecule has 9 heteroatoms. The van der Waals surface area contributed by atoms with Crippen LogP contribution in [0.25, 0.3) is 0 Å². The molecule has 8 nitrogen and oxygen atoms in total. The standard InChI is InChI=1S/C17H26ClN5O3/c1-17(2,3)26-16(25)22-8-6-11-10(9-22)14(21-15(18)20-11)23-7-4-5-12(23)13(19)24/h12,16,25H,4-9H2,1-3H3,(H2,19,24)/t12-,16?/m0/s1. The molecule has 1 fully saturated rings. The van der Waals surface area contributed by atoms with E-state index in [1.165, 1.54) is 0 Å². The lowest BCUT2D eigenvalue weighted by molar-refractivity contribution is -0.242. The van der Waals surface area contributed by atoms with Crippen LogP contribution in [0, 0.1) is 0 Å². The Hall–Kier alpha value is -1.48. The zero-order chi connectivity index (χ0) is 19.1. The molecule has 3 rings (SSSR count). The lowest BCUT2D eigenvalue weighted by Crippen LogP contribution is -2.46. The van der Waals surface area contributed by atoms with Gasteiger partial charge in [-0.25, -0.2) is 9.97 Å². The third-order valence-electron chi connectivity index (χ3n) is 4.67. The van der Waals surface area contributed by atoms with Crippen molar-refractivity contribution >= 4 is 23.3 Å². The fraction of sp³-hybridized carbons (Fsp3) is 0.706. The average Bonchev–Trinajstić information content (AvgIpc) is 3.01.